The zero-order chi connectivity index (χ0) is 20.3. The lowest BCUT2D eigenvalue weighted by atomic mass is 9.99. The minimum atomic E-state index is -0.494. The normalized spacial score (nSPS) is 14.9. The molecule has 0 fully saturated rings. The van der Waals surface area contributed by atoms with Crippen molar-refractivity contribution in [1.29, 1.82) is 0 Å². The van der Waals surface area contributed by atoms with Gasteiger partial charge < -0.3 is 18.9 Å². The van der Waals surface area contributed by atoms with Crippen molar-refractivity contribution in [2.75, 3.05) is 21.3 Å². The second-order valence-electron chi connectivity index (χ2n) is 6.56. The maximum Gasteiger partial charge on any atom is 0.363 e. The molecular formula is C22H23NO5. The van der Waals surface area contributed by atoms with Gasteiger partial charge in [0.1, 0.15) is 5.75 Å². The third-order valence-corrected chi connectivity index (χ3v) is 4.43. The average Bonchev–Trinajstić information content (AvgIpc) is 3.07. The lowest BCUT2D eigenvalue weighted by molar-refractivity contribution is -0.129. The molecule has 0 saturated carbocycles. The Bertz CT molecular complexity index is 959. The van der Waals surface area contributed by atoms with Crippen molar-refractivity contribution in [3.05, 3.63) is 58.8 Å². The standard InChI is InChI=1S/C22H23NO5/c1-13(2)16-10-14(6-8-18(16)25-3)11-17-22(24)28-21(23-17)15-7-9-19(26-4)20(12-15)27-5/h6-13H,1-5H3/b17-11+. The molecule has 0 aliphatic carbocycles. The van der Waals surface area contributed by atoms with Gasteiger partial charge in [0, 0.05) is 5.56 Å². The molecule has 0 atom stereocenters. The number of carbonyl (C=O) groups is 1. The van der Waals surface area contributed by atoms with Crippen LogP contribution >= 0.6 is 0 Å². The molecule has 28 heavy (non-hydrogen) atoms. The summed E-state index contributed by atoms with van der Waals surface area (Å²) in [7, 11) is 4.75. The van der Waals surface area contributed by atoms with Crippen molar-refractivity contribution < 1.29 is 23.7 Å². The Morgan fingerprint density at radius 1 is 0.929 bits per heavy atom. The Balaban J connectivity index is 1.95. The second-order valence-corrected chi connectivity index (χ2v) is 6.56. The number of esters is 1. The van der Waals surface area contributed by atoms with Crippen LogP contribution in [0.15, 0.2) is 47.1 Å². The Kier molecular flexibility index (Phi) is 5.68. The molecule has 0 saturated heterocycles. The van der Waals surface area contributed by atoms with Gasteiger partial charge in [-0.15, -0.1) is 0 Å². The lowest BCUT2D eigenvalue weighted by Crippen LogP contribution is -2.06. The molecule has 0 spiro atoms. The van der Waals surface area contributed by atoms with E-state index < -0.39 is 5.97 Å². The summed E-state index contributed by atoms with van der Waals surface area (Å²) >= 11 is 0. The van der Waals surface area contributed by atoms with Gasteiger partial charge in [-0.2, -0.15) is 0 Å². The molecule has 0 N–H and O–H groups in total. The van der Waals surface area contributed by atoms with E-state index in [1.807, 2.05) is 18.2 Å². The average molecular weight is 381 g/mol. The van der Waals surface area contributed by atoms with Gasteiger partial charge >= 0.3 is 5.97 Å². The first-order valence-electron chi connectivity index (χ1n) is 8.89. The fourth-order valence-corrected chi connectivity index (χ4v) is 2.95. The van der Waals surface area contributed by atoms with E-state index in [9.17, 15) is 4.79 Å². The van der Waals surface area contributed by atoms with Crippen LogP contribution in [-0.2, 0) is 9.53 Å². The summed E-state index contributed by atoms with van der Waals surface area (Å²) in [4.78, 5) is 16.7. The van der Waals surface area contributed by atoms with Crippen LogP contribution in [0, 0.1) is 0 Å². The number of nitrogens with zero attached hydrogens (tertiary/aromatic N) is 1. The molecule has 1 aliphatic heterocycles. The lowest BCUT2D eigenvalue weighted by Gasteiger charge is -2.12. The minimum absolute atomic E-state index is 0.231. The number of aliphatic imine (C=N–C) groups is 1. The summed E-state index contributed by atoms with van der Waals surface area (Å²) < 4.78 is 21.3. The molecule has 6 nitrogen and oxygen atoms in total. The van der Waals surface area contributed by atoms with Gasteiger partial charge in [0.15, 0.2) is 17.2 Å². The number of hydrogen-bond acceptors (Lipinski definition) is 6. The van der Waals surface area contributed by atoms with Gasteiger partial charge in [-0.3, -0.25) is 0 Å². The Morgan fingerprint density at radius 2 is 1.61 bits per heavy atom. The topological polar surface area (TPSA) is 66.4 Å². The quantitative estimate of drug-likeness (QED) is 0.555. The highest BCUT2D eigenvalue weighted by Gasteiger charge is 2.25. The fraction of sp³-hybridized carbons (Fsp3) is 0.273. The van der Waals surface area contributed by atoms with Gasteiger partial charge in [-0.05, 0) is 53.5 Å². The van der Waals surface area contributed by atoms with E-state index in [1.54, 1.807) is 45.6 Å². The molecule has 6 heteroatoms. The Morgan fingerprint density at radius 3 is 2.25 bits per heavy atom. The molecule has 146 valence electrons. The predicted molar refractivity (Wildman–Crippen MR) is 107 cm³/mol. The monoisotopic (exact) mass is 381 g/mol. The molecule has 2 aromatic rings. The highest BCUT2D eigenvalue weighted by atomic mass is 16.6. The van der Waals surface area contributed by atoms with Crippen LogP contribution in [0.1, 0.15) is 36.5 Å². The maximum absolute atomic E-state index is 12.3. The molecule has 3 rings (SSSR count). The number of carbonyl (C=O) groups excluding carboxylic acids is 1. The molecule has 2 aromatic carbocycles. The van der Waals surface area contributed by atoms with Crippen LogP contribution in [0.2, 0.25) is 0 Å². The molecule has 1 heterocycles. The first-order valence-corrected chi connectivity index (χ1v) is 8.89. The molecular weight excluding hydrogens is 358 g/mol. The molecule has 0 unspecified atom stereocenters. The SMILES string of the molecule is COc1ccc(C2=N/C(=C/c3ccc(OC)c(C(C)C)c3)C(=O)O2)cc1OC. The zero-order valence-electron chi connectivity index (χ0n) is 16.6. The van der Waals surface area contributed by atoms with Crippen LogP contribution in [0.3, 0.4) is 0 Å². The second kappa shape index (κ2) is 8.17. The van der Waals surface area contributed by atoms with E-state index in [0.717, 1.165) is 16.9 Å². The van der Waals surface area contributed by atoms with Crippen LogP contribution in [0.4, 0.5) is 0 Å². The molecule has 0 amide bonds. The number of rotatable bonds is 6. The van der Waals surface area contributed by atoms with Crippen molar-refractivity contribution in [3.63, 3.8) is 0 Å². The zero-order valence-corrected chi connectivity index (χ0v) is 16.6. The molecule has 0 aromatic heterocycles. The van der Waals surface area contributed by atoms with Crippen LogP contribution in [-0.4, -0.2) is 33.2 Å². The van der Waals surface area contributed by atoms with E-state index in [0.29, 0.717) is 17.1 Å². The maximum atomic E-state index is 12.3. The number of hydrogen-bond donors (Lipinski definition) is 0. The summed E-state index contributed by atoms with van der Waals surface area (Å²) in [5.41, 5.74) is 2.79. The number of cyclic esters (lactones) is 1. The summed E-state index contributed by atoms with van der Waals surface area (Å²) in [5, 5.41) is 0. The number of benzene rings is 2. The Labute approximate surface area is 164 Å². The minimum Gasteiger partial charge on any atom is -0.496 e. The van der Waals surface area contributed by atoms with Crippen molar-refractivity contribution >= 4 is 17.9 Å². The van der Waals surface area contributed by atoms with E-state index >= 15 is 0 Å². The van der Waals surface area contributed by atoms with Crippen molar-refractivity contribution in [2.24, 2.45) is 4.99 Å². The first kappa shape index (κ1) is 19.5. The van der Waals surface area contributed by atoms with Crippen LogP contribution < -0.4 is 14.2 Å². The molecule has 1 aliphatic rings. The smallest absolute Gasteiger partial charge is 0.363 e. The van der Waals surface area contributed by atoms with Crippen molar-refractivity contribution in [3.8, 4) is 17.2 Å². The largest absolute Gasteiger partial charge is 0.496 e. The van der Waals surface area contributed by atoms with E-state index in [4.69, 9.17) is 18.9 Å². The highest BCUT2D eigenvalue weighted by molar-refractivity contribution is 6.13. The molecule has 0 bridgehead atoms. The molecule has 0 radical (unpaired) electrons. The number of ether oxygens (including phenoxy) is 4. The van der Waals surface area contributed by atoms with Crippen LogP contribution in [0.5, 0.6) is 17.2 Å². The third-order valence-electron chi connectivity index (χ3n) is 4.43. The predicted octanol–water partition coefficient (Wildman–Crippen LogP) is 4.18. The fourth-order valence-electron chi connectivity index (χ4n) is 2.95. The van der Waals surface area contributed by atoms with Gasteiger partial charge in [-0.1, -0.05) is 19.9 Å². The number of methoxy groups -OCH3 is 3. The first-order chi connectivity index (χ1) is 13.5. The third kappa shape index (κ3) is 3.86. The van der Waals surface area contributed by atoms with Crippen molar-refractivity contribution in [1.82, 2.24) is 0 Å². The van der Waals surface area contributed by atoms with Gasteiger partial charge in [0.2, 0.25) is 5.90 Å². The van der Waals surface area contributed by atoms with E-state index in [-0.39, 0.29) is 17.5 Å². The summed E-state index contributed by atoms with van der Waals surface area (Å²) in [6, 6.07) is 11.0. The van der Waals surface area contributed by atoms with Crippen molar-refractivity contribution in [2.45, 2.75) is 19.8 Å². The highest BCUT2D eigenvalue weighted by Crippen LogP contribution is 2.31. The van der Waals surface area contributed by atoms with Gasteiger partial charge in [0.25, 0.3) is 0 Å². The van der Waals surface area contributed by atoms with Gasteiger partial charge in [0.05, 0.1) is 21.3 Å². The van der Waals surface area contributed by atoms with Crippen LogP contribution in [0.25, 0.3) is 6.08 Å². The summed E-state index contributed by atoms with van der Waals surface area (Å²) in [6.07, 6.45) is 1.71. The van der Waals surface area contributed by atoms with E-state index in [2.05, 4.69) is 18.8 Å². The van der Waals surface area contributed by atoms with Gasteiger partial charge in [-0.25, -0.2) is 9.79 Å². The Hall–Kier alpha value is -3.28. The van der Waals surface area contributed by atoms with E-state index in [1.165, 1.54) is 0 Å². The summed E-state index contributed by atoms with van der Waals surface area (Å²) in [5.74, 6) is 1.97. The summed E-state index contributed by atoms with van der Waals surface area (Å²) in [6.45, 7) is 4.18.